The highest BCUT2D eigenvalue weighted by Gasteiger charge is 2.34. The van der Waals surface area contributed by atoms with E-state index in [9.17, 15) is 18.8 Å². The first-order chi connectivity index (χ1) is 13.5. The molecule has 0 spiro atoms. The molecule has 0 unspecified atom stereocenters. The molecule has 1 aromatic carbocycles. The van der Waals surface area contributed by atoms with Gasteiger partial charge in [0, 0.05) is 19.3 Å². The molecule has 1 saturated heterocycles. The van der Waals surface area contributed by atoms with E-state index in [0.717, 1.165) is 16.7 Å². The molecule has 0 bridgehead atoms. The molecule has 1 aliphatic rings. The number of hydrogen-bond donors (Lipinski definition) is 1. The van der Waals surface area contributed by atoms with Crippen molar-refractivity contribution in [2.75, 3.05) is 20.2 Å². The van der Waals surface area contributed by atoms with Crippen LogP contribution in [-0.4, -0.2) is 47.1 Å². The van der Waals surface area contributed by atoms with Gasteiger partial charge in [0.05, 0.1) is 12.0 Å². The molecular weight excluding hydrogens is 385 g/mol. The normalized spacial score (nSPS) is 15.2. The molecule has 1 aliphatic heterocycles. The van der Waals surface area contributed by atoms with E-state index in [1.165, 1.54) is 43.6 Å². The van der Waals surface area contributed by atoms with Crippen LogP contribution in [0.25, 0.3) is 6.08 Å². The zero-order chi connectivity index (χ0) is 20.1. The van der Waals surface area contributed by atoms with Crippen molar-refractivity contribution in [2.45, 2.75) is 0 Å². The van der Waals surface area contributed by atoms with Gasteiger partial charge in [-0.25, -0.2) is 9.37 Å². The molecule has 1 fully saturated rings. The molecule has 28 heavy (non-hydrogen) atoms. The van der Waals surface area contributed by atoms with Crippen LogP contribution < -0.4 is 10.1 Å². The number of nitrogens with one attached hydrogen (secondary N) is 1. The molecule has 0 atom stereocenters. The van der Waals surface area contributed by atoms with Gasteiger partial charge in [-0.1, -0.05) is 12.1 Å². The van der Waals surface area contributed by atoms with Gasteiger partial charge >= 0.3 is 0 Å². The number of methoxy groups -OCH3 is 1. The maximum Gasteiger partial charge on any atom is 0.293 e. The summed E-state index contributed by atoms with van der Waals surface area (Å²) in [7, 11) is 1.41. The summed E-state index contributed by atoms with van der Waals surface area (Å²) in [5.41, 5.74) is 0.874. The Morgan fingerprint density at radius 3 is 2.75 bits per heavy atom. The third-order valence-corrected chi connectivity index (χ3v) is 4.78. The van der Waals surface area contributed by atoms with Gasteiger partial charge in [0.25, 0.3) is 17.1 Å². The molecule has 0 saturated carbocycles. The Bertz CT molecular complexity index is 946. The second-order valence-corrected chi connectivity index (χ2v) is 6.69. The predicted octanol–water partition coefficient (Wildman–Crippen LogP) is 2.70. The van der Waals surface area contributed by atoms with Crippen molar-refractivity contribution >= 4 is 34.9 Å². The molecule has 2 aromatic rings. The Labute approximate surface area is 164 Å². The van der Waals surface area contributed by atoms with Crippen LogP contribution in [0.1, 0.15) is 15.9 Å². The number of carbonyl (C=O) groups is 3. The number of halogens is 1. The van der Waals surface area contributed by atoms with Crippen molar-refractivity contribution in [3.63, 3.8) is 0 Å². The number of thioether (sulfide) groups is 1. The number of hydrogen-bond acceptors (Lipinski definition) is 6. The molecular formula is C19H16FN3O4S. The lowest BCUT2D eigenvalue weighted by Crippen LogP contribution is -2.37. The van der Waals surface area contributed by atoms with Crippen LogP contribution in [0.5, 0.6) is 5.88 Å². The number of pyridine rings is 1. The van der Waals surface area contributed by atoms with Crippen LogP contribution in [0.4, 0.5) is 9.18 Å². The number of benzene rings is 1. The number of amides is 3. The average Bonchev–Trinajstić information content (AvgIpc) is 2.96. The summed E-state index contributed by atoms with van der Waals surface area (Å²) in [5, 5.41) is 2.21. The number of nitrogens with zero attached hydrogens (tertiary/aromatic N) is 2. The summed E-state index contributed by atoms with van der Waals surface area (Å²) in [6.07, 6.45) is 3.03. The lowest BCUT2D eigenvalue weighted by molar-refractivity contribution is -0.122. The third-order valence-electron chi connectivity index (χ3n) is 3.87. The lowest BCUT2D eigenvalue weighted by Gasteiger charge is -2.13. The van der Waals surface area contributed by atoms with Gasteiger partial charge in [0.15, 0.2) is 0 Å². The monoisotopic (exact) mass is 401 g/mol. The fraction of sp³-hybridized carbons (Fsp3) is 0.158. The fourth-order valence-electron chi connectivity index (χ4n) is 2.51. The Hall–Kier alpha value is -3.20. The molecule has 1 N–H and O–H groups in total. The van der Waals surface area contributed by atoms with E-state index in [-0.39, 0.29) is 35.3 Å². The van der Waals surface area contributed by atoms with E-state index in [4.69, 9.17) is 4.74 Å². The van der Waals surface area contributed by atoms with E-state index in [2.05, 4.69) is 10.3 Å². The highest BCUT2D eigenvalue weighted by Crippen LogP contribution is 2.31. The molecule has 3 rings (SSSR count). The molecule has 144 valence electrons. The molecule has 7 nitrogen and oxygen atoms in total. The van der Waals surface area contributed by atoms with E-state index >= 15 is 0 Å². The Morgan fingerprint density at radius 2 is 2.04 bits per heavy atom. The molecule has 9 heteroatoms. The second-order valence-electron chi connectivity index (χ2n) is 5.70. The van der Waals surface area contributed by atoms with Crippen molar-refractivity contribution in [1.82, 2.24) is 15.2 Å². The maximum absolute atomic E-state index is 13.0. The van der Waals surface area contributed by atoms with Crippen LogP contribution in [0.2, 0.25) is 0 Å². The van der Waals surface area contributed by atoms with Crippen LogP contribution in [-0.2, 0) is 4.79 Å². The number of carbonyl (C=O) groups excluding carboxylic acids is 3. The van der Waals surface area contributed by atoms with E-state index < -0.39 is 17.1 Å². The molecule has 2 heterocycles. The van der Waals surface area contributed by atoms with Crippen molar-refractivity contribution in [2.24, 2.45) is 0 Å². The van der Waals surface area contributed by atoms with Gasteiger partial charge in [-0.05, 0) is 47.7 Å². The Kier molecular flexibility index (Phi) is 6.05. The topological polar surface area (TPSA) is 88.6 Å². The van der Waals surface area contributed by atoms with Crippen LogP contribution in [0.3, 0.4) is 0 Å². The highest BCUT2D eigenvalue weighted by atomic mass is 32.2. The summed E-state index contributed by atoms with van der Waals surface area (Å²) in [5.74, 6) is -1.06. The van der Waals surface area contributed by atoms with Gasteiger partial charge < -0.3 is 10.1 Å². The van der Waals surface area contributed by atoms with Gasteiger partial charge in [0.1, 0.15) is 11.4 Å². The second kappa shape index (κ2) is 8.66. The van der Waals surface area contributed by atoms with Gasteiger partial charge in [-0.2, -0.15) is 0 Å². The molecule has 1 aromatic heterocycles. The van der Waals surface area contributed by atoms with Crippen molar-refractivity contribution < 1.29 is 23.5 Å². The number of aromatic nitrogens is 1. The fourth-order valence-corrected chi connectivity index (χ4v) is 3.37. The minimum atomic E-state index is -0.451. The van der Waals surface area contributed by atoms with Gasteiger partial charge in [-0.15, -0.1) is 0 Å². The van der Waals surface area contributed by atoms with Crippen LogP contribution >= 0.6 is 11.8 Å². The van der Waals surface area contributed by atoms with Crippen LogP contribution in [0, 0.1) is 5.82 Å². The summed E-state index contributed by atoms with van der Waals surface area (Å²) in [6, 6.07) is 8.76. The molecule has 0 radical (unpaired) electrons. The highest BCUT2D eigenvalue weighted by molar-refractivity contribution is 8.18. The predicted molar refractivity (Wildman–Crippen MR) is 102 cm³/mol. The number of ether oxygens (including phenoxy) is 1. The quantitative estimate of drug-likeness (QED) is 0.749. The van der Waals surface area contributed by atoms with Crippen molar-refractivity contribution in [3.8, 4) is 5.88 Å². The summed E-state index contributed by atoms with van der Waals surface area (Å²) >= 11 is 0.804. The average molecular weight is 401 g/mol. The SMILES string of the molecule is COc1ncccc1C(=O)NCCN1C(=O)S/C(=C\c2ccc(F)cc2)C1=O. The van der Waals surface area contributed by atoms with Gasteiger partial charge in [0.2, 0.25) is 5.88 Å². The third kappa shape index (κ3) is 4.37. The Morgan fingerprint density at radius 1 is 1.29 bits per heavy atom. The van der Waals surface area contributed by atoms with Crippen molar-refractivity contribution in [3.05, 3.63) is 64.4 Å². The van der Waals surface area contributed by atoms with Crippen LogP contribution in [0.15, 0.2) is 47.5 Å². The first kappa shape index (κ1) is 19.6. The lowest BCUT2D eigenvalue weighted by atomic mass is 10.2. The van der Waals surface area contributed by atoms with Gasteiger partial charge in [-0.3, -0.25) is 19.3 Å². The Balaban J connectivity index is 1.60. The molecule has 3 amide bonds. The zero-order valence-corrected chi connectivity index (χ0v) is 15.7. The number of imide groups is 1. The minimum Gasteiger partial charge on any atom is -0.480 e. The summed E-state index contributed by atoms with van der Waals surface area (Å²) in [4.78, 5) is 42.0. The van der Waals surface area contributed by atoms with E-state index in [1.54, 1.807) is 12.1 Å². The number of rotatable bonds is 6. The minimum absolute atomic E-state index is 0.0275. The first-order valence-corrected chi connectivity index (χ1v) is 9.09. The largest absolute Gasteiger partial charge is 0.480 e. The smallest absolute Gasteiger partial charge is 0.293 e. The van der Waals surface area contributed by atoms with E-state index in [1.807, 2.05) is 0 Å². The summed E-state index contributed by atoms with van der Waals surface area (Å²) in [6.45, 7) is 0.110. The summed E-state index contributed by atoms with van der Waals surface area (Å²) < 4.78 is 18.0. The first-order valence-electron chi connectivity index (χ1n) is 8.27. The van der Waals surface area contributed by atoms with E-state index in [0.29, 0.717) is 5.56 Å². The molecule has 0 aliphatic carbocycles. The van der Waals surface area contributed by atoms with Crippen molar-refractivity contribution in [1.29, 1.82) is 0 Å². The maximum atomic E-state index is 13.0. The standard InChI is InChI=1S/C19H16FN3O4S/c1-27-17-14(3-2-8-22-17)16(24)21-9-10-23-18(25)15(28-19(23)26)11-12-4-6-13(20)7-5-12/h2-8,11H,9-10H2,1H3,(H,21,24)/b15-11-. The zero-order valence-electron chi connectivity index (χ0n) is 14.8.